The molecule has 0 radical (unpaired) electrons. The van der Waals surface area contributed by atoms with Gasteiger partial charge in [-0.2, -0.15) is 10.1 Å². The summed E-state index contributed by atoms with van der Waals surface area (Å²) in [6, 6.07) is 5.07. The quantitative estimate of drug-likeness (QED) is 0.881. The number of rotatable bonds is 4. The van der Waals surface area contributed by atoms with Gasteiger partial charge in [0.05, 0.1) is 18.1 Å². The maximum Gasteiger partial charge on any atom is 0.232 e. The van der Waals surface area contributed by atoms with Crippen molar-refractivity contribution >= 4 is 35.1 Å². The van der Waals surface area contributed by atoms with E-state index in [1.807, 2.05) is 0 Å². The molecule has 9 heteroatoms. The Morgan fingerprint density at radius 3 is 3.00 bits per heavy atom. The first kappa shape index (κ1) is 15.3. The van der Waals surface area contributed by atoms with Gasteiger partial charge < -0.3 is 9.64 Å². The zero-order chi connectivity index (χ0) is 16.4. The van der Waals surface area contributed by atoms with E-state index < -0.39 is 5.92 Å². The van der Waals surface area contributed by atoms with Crippen molar-refractivity contribution in [3.63, 3.8) is 0 Å². The molecule has 3 rings (SSSR count). The molecule has 0 aliphatic carbocycles. The van der Waals surface area contributed by atoms with Crippen LogP contribution in [-0.2, 0) is 9.59 Å². The molecule has 1 aliphatic heterocycles. The Balaban J connectivity index is 1.72. The number of carbonyl (C=O) groups excluding carboxylic acids is 2. The number of benzene rings is 1. The third-order valence-corrected chi connectivity index (χ3v) is 3.89. The van der Waals surface area contributed by atoms with Gasteiger partial charge in [-0.3, -0.25) is 14.9 Å². The largest absolute Gasteiger partial charge is 0.495 e. The van der Waals surface area contributed by atoms with E-state index >= 15 is 0 Å². The van der Waals surface area contributed by atoms with E-state index in [1.165, 1.54) is 18.3 Å². The summed E-state index contributed by atoms with van der Waals surface area (Å²) in [7, 11) is 1.52. The molecule has 1 aromatic heterocycles. The van der Waals surface area contributed by atoms with Crippen LogP contribution in [0.5, 0.6) is 5.75 Å². The molecule has 0 saturated carbocycles. The third-order valence-electron chi connectivity index (χ3n) is 3.60. The predicted molar refractivity (Wildman–Crippen MR) is 83.5 cm³/mol. The minimum Gasteiger partial charge on any atom is -0.495 e. The monoisotopic (exact) mass is 335 g/mol. The highest BCUT2D eigenvalue weighted by atomic mass is 35.5. The van der Waals surface area contributed by atoms with Crippen molar-refractivity contribution in [3.8, 4) is 5.75 Å². The molecule has 0 bridgehead atoms. The number of nitrogens with zero attached hydrogens (tertiary/aromatic N) is 3. The van der Waals surface area contributed by atoms with E-state index in [9.17, 15) is 9.59 Å². The Kier molecular flexibility index (Phi) is 4.16. The van der Waals surface area contributed by atoms with Crippen LogP contribution >= 0.6 is 11.6 Å². The second-order valence-electron chi connectivity index (χ2n) is 5.05. The summed E-state index contributed by atoms with van der Waals surface area (Å²) in [5.74, 6) is -0.0929. The van der Waals surface area contributed by atoms with Gasteiger partial charge in [-0.05, 0) is 18.2 Å². The maximum absolute atomic E-state index is 12.2. The molecule has 8 nitrogen and oxygen atoms in total. The van der Waals surface area contributed by atoms with Crippen LogP contribution in [0.2, 0.25) is 5.02 Å². The van der Waals surface area contributed by atoms with E-state index in [-0.39, 0.29) is 30.7 Å². The van der Waals surface area contributed by atoms with Crippen LogP contribution in [-0.4, -0.2) is 40.7 Å². The molecule has 1 aliphatic rings. The van der Waals surface area contributed by atoms with Gasteiger partial charge in [-0.1, -0.05) is 11.6 Å². The van der Waals surface area contributed by atoms with Crippen LogP contribution in [0.25, 0.3) is 0 Å². The Hall–Kier alpha value is -2.61. The molecule has 1 fully saturated rings. The normalized spacial score (nSPS) is 17.4. The summed E-state index contributed by atoms with van der Waals surface area (Å²) < 4.78 is 5.09. The number of ether oxygens (including phenoxy) is 1. The van der Waals surface area contributed by atoms with Crippen LogP contribution in [0.15, 0.2) is 24.5 Å². The van der Waals surface area contributed by atoms with E-state index in [0.29, 0.717) is 16.5 Å². The van der Waals surface area contributed by atoms with Gasteiger partial charge in [0.15, 0.2) is 0 Å². The van der Waals surface area contributed by atoms with Crippen LogP contribution in [0.4, 0.5) is 11.6 Å². The number of H-pyrrole nitrogens is 1. The topological polar surface area (TPSA) is 100 Å². The molecule has 1 atom stereocenters. The van der Waals surface area contributed by atoms with Crippen LogP contribution < -0.4 is 15.0 Å². The van der Waals surface area contributed by atoms with Gasteiger partial charge in [-0.15, -0.1) is 0 Å². The maximum atomic E-state index is 12.2. The van der Waals surface area contributed by atoms with E-state index in [2.05, 4.69) is 20.5 Å². The van der Waals surface area contributed by atoms with Crippen molar-refractivity contribution in [1.82, 2.24) is 15.2 Å². The SMILES string of the molecule is COc1ccc(N2CC(C(=O)Nc3ncn[nH]3)CC2=O)cc1Cl. The molecular formula is C14H14ClN5O3. The van der Waals surface area contributed by atoms with Crippen LogP contribution in [0.1, 0.15) is 6.42 Å². The second kappa shape index (κ2) is 6.25. The Labute approximate surface area is 136 Å². The van der Waals surface area contributed by atoms with Crippen molar-refractivity contribution in [3.05, 3.63) is 29.5 Å². The van der Waals surface area contributed by atoms with Crippen molar-refractivity contribution in [2.24, 2.45) is 5.92 Å². The Bertz CT molecular complexity index is 734. The lowest BCUT2D eigenvalue weighted by Gasteiger charge is -2.17. The number of carbonyl (C=O) groups is 2. The van der Waals surface area contributed by atoms with Gasteiger partial charge in [0, 0.05) is 18.7 Å². The zero-order valence-corrected chi connectivity index (χ0v) is 13.0. The fourth-order valence-corrected chi connectivity index (χ4v) is 2.69. The van der Waals surface area contributed by atoms with Gasteiger partial charge in [0.2, 0.25) is 17.8 Å². The molecule has 1 unspecified atom stereocenters. The lowest BCUT2D eigenvalue weighted by atomic mass is 10.1. The number of hydrogen-bond donors (Lipinski definition) is 2. The minimum absolute atomic E-state index is 0.129. The smallest absolute Gasteiger partial charge is 0.232 e. The number of nitrogens with one attached hydrogen (secondary N) is 2. The number of halogens is 1. The van der Waals surface area contributed by atoms with E-state index in [1.54, 1.807) is 18.2 Å². The molecule has 2 N–H and O–H groups in total. The van der Waals surface area contributed by atoms with Gasteiger partial charge >= 0.3 is 0 Å². The molecule has 1 saturated heterocycles. The standard InChI is InChI=1S/C14H14ClN5O3/c1-23-11-3-2-9(5-10(11)15)20-6-8(4-12(20)21)13(22)18-14-16-7-17-19-14/h2-3,5,7-8H,4,6H2,1H3,(H2,16,17,18,19,22). The van der Waals surface area contributed by atoms with E-state index in [4.69, 9.17) is 16.3 Å². The molecule has 23 heavy (non-hydrogen) atoms. The molecule has 1 aromatic carbocycles. The molecule has 2 aromatic rings. The highest BCUT2D eigenvalue weighted by Crippen LogP contribution is 2.32. The van der Waals surface area contributed by atoms with E-state index in [0.717, 1.165) is 0 Å². The summed E-state index contributed by atoms with van der Waals surface area (Å²) in [5, 5.41) is 9.20. The second-order valence-corrected chi connectivity index (χ2v) is 5.45. The number of aromatic amines is 1. The molecule has 120 valence electrons. The summed E-state index contributed by atoms with van der Waals surface area (Å²) in [6.07, 6.45) is 1.42. The van der Waals surface area contributed by atoms with Gasteiger partial charge in [0.25, 0.3) is 0 Å². The summed E-state index contributed by atoms with van der Waals surface area (Å²) in [5.41, 5.74) is 0.635. The number of anilines is 2. The molecular weight excluding hydrogens is 322 g/mol. The number of aromatic nitrogens is 3. The third kappa shape index (κ3) is 3.11. The molecule has 0 spiro atoms. The summed E-state index contributed by atoms with van der Waals surface area (Å²) >= 11 is 6.09. The number of amides is 2. The molecule has 2 heterocycles. The Morgan fingerprint density at radius 2 is 2.35 bits per heavy atom. The van der Waals surface area contributed by atoms with Crippen molar-refractivity contribution in [2.45, 2.75) is 6.42 Å². The van der Waals surface area contributed by atoms with Crippen molar-refractivity contribution in [2.75, 3.05) is 23.9 Å². The van der Waals surface area contributed by atoms with Gasteiger partial charge in [0.1, 0.15) is 12.1 Å². The zero-order valence-electron chi connectivity index (χ0n) is 12.2. The Morgan fingerprint density at radius 1 is 1.52 bits per heavy atom. The first-order chi connectivity index (χ1) is 11.1. The first-order valence-electron chi connectivity index (χ1n) is 6.88. The highest BCUT2D eigenvalue weighted by Gasteiger charge is 2.35. The highest BCUT2D eigenvalue weighted by molar-refractivity contribution is 6.32. The van der Waals surface area contributed by atoms with Crippen molar-refractivity contribution < 1.29 is 14.3 Å². The van der Waals surface area contributed by atoms with Crippen LogP contribution in [0.3, 0.4) is 0 Å². The van der Waals surface area contributed by atoms with Gasteiger partial charge in [-0.25, -0.2) is 5.10 Å². The average molecular weight is 336 g/mol. The minimum atomic E-state index is -0.464. The number of hydrogen-bond acceptors (Lipinski definition) is 5. The summed E-state index contributed by atoms with van der Waals surface area (Å²) in [6.45, 7) is 0.279. The molecule has 2 amide bonds. The lowest BCUT2D eigenvalue weighted by molar-refractivity contribution is -0.122. The fraction of sp³-hybridized carbons (Fsp3) is 0.286. The fourth-order valence-electron chi connectivity index (χ4n) is 2.44. The predicted octanol–water partition coefficient (Wildman–Crippen LogP) is 1.46. The summed E-state index contributed by atoms with van der Waals surface area (Å²) in [4.78, 5) is 29.7. The lowest BCUT2D eigenvalue weighted by Crippen LogP contribution is -2.28. The first-order valence-corrected chi connectivity index (χ1v) is 7.26. The number of methoxy groups -OCH3 is 1. The average Bonchev–Trinajstić information content (AvgIpc) is 3.16. The van der Waals surface area contributed by atoms with Crippen LogP contribution in [0, 0.1) is 5.92 Å². The van der Waals surface area contributed by atoms with Crippen molar-refractivity contribution in [1.29, 1.82) is 0 Å².